The molecule has 4 nitrogen and oxygen atoms in total. The van der Waals surface area contributed by atoms with E-state index in [9.17, 15) is 14.0 Å². The molecule has 0 saturated carbocycles. The van der Waals surface area contributed by atoms with Gasteiger partial charge in [-0.3, -0.25) is 9.59 Å². The quantitative estimate of drug-likeness (QED) is 0.609. The van der Waals surface area contributed by atoms with Crippen molar-refractivity contribution in [3.05, 3.63) is 34.9 Å². The van der Waals surface area contributed by atoms with E-state index in [4.69, 9.17) is 10.5 Å². The van der Waals surface area contributed by atoms with Crippen LogP contribution in [0.4, 0.5) is 4.39 Å². The van der Waals surface area contributed by atoms with E-state index in [-0.39, 0.29) is 16.7 Å². The Balaban J connectivity index is 3.21. The maximum Gasteiger partial charge on any atom is 0.221 e. The Hall–Kier alpha value is -2.53. The molecule has 2 atom stereocenters. The van der Waals surface area contributed by atoms with Gasteiger partial charge in [-0.25, -0.2) is 4.39 Å². The number of halogens is 1. The Morgan fingerprint density at radius 1 is 1.30 bits per heavy atom. The molecule has 0 bridgehead atoms. The molecule has 0 amide bonds. The molecule has 0 N–H and O–H groups in total. The highest BCUT2D eigenvalue weighted by atomic mass is 19.1. The fourth-order valence-electron chi connectivity index (χ4n) is 1.69. The van der Waals surface area contributed by atoms with Crippen molar-refractivity contribution < 1.29 is 14.0 Å². The minimum atomic E-state index is -2.30. The summed E-state index contributed by atoms with van der Waals surface area (Å²) in [6, 6.07) is 7.46. The minimum absolute atomic E-state index is 0.0125. The number of rotatable bonds is 5. The molecule has 1 aromatic rings. The molecule has 1 aromatic carbocycles. The predicted octanol–water partition coefficient (Wildman–Crippen LogP) is 2.57. The molecular formula is C15H13FN2O2. The molecule has 0 aromatic heterocycles. The molecule has 0 aliphatic rings. The Kier molecular flexibility index (Phi) is 5.11. The fraction of sp³-hybridized carbons (Fsp3) is 0.333. The average Bonchev–Trinajstić information content (AvgIpc) is 2.50. The van der Waals surface area contributed by atoms with Crippen molar-refractivity contribution in [2.45, 2.75) is 26.4 Å². The lowest BCUT2D eigenvalue weighted by Gasteiger charge is -2.12. The second-order valence-corrected chi connectivity index (χ2v) is 4.39. The summed E-state index contributed by atoms with van der Waals surface area (Å²) in [7, 11) is 0. The van der Waals surface area contributed by atoms with E-state index in [1.54, 1.807) is 26.0 Å². The Labute approximate surface area is 116 Å². The summed E-state index contributed by atoms with van der Waals surface area (Å²) in [6.07, 6.45) is -1.87. The smallest absolute Gasteiger partial charge is 0.221 e. The molecule has 0 heterocycles. The standard InChI is InChI=1S/C15H13FN2O2/c1-3-9(2)14(19)13(16)15(20)11-6-4-5-10(7-17)12(11)8-18/h4-6,9,13H,3H2,1-2H3. The van der Waals surface area contributed by atoms with E-state index in [1.807, 2.05) is 0 Å². The predicted molar refractivity (Wildman–Crippen MR) is 69.6 cm³/mol. The van der Waals surface area contributed by atoms with Crippen molar-refractivity contribution in [3.8, 4) is 12.1 Å². The second-order valence-electron chi connectivity index (χ2n) is 4.39. The molecule has 0 aliphatic heterocycles. The molecule has 0 radical (unpaired) electrons. The van der Waals surface area contributed by atoms with Gasteiger partial charge in [0.2, 0.25) is 12.0 Å². The number of carbonyl (C=O) groups is 2. The number of alkyl halides is 1. The topological polar surface area (TPSA) is 81.7 Å². The summed E-state index contributed by atoms with van der Waals surface area (Å²) in [5.74, 6) is -2.44. The van der Waals surface area contributed by atoms with Gasteiger partial charge in [-0.1, -0.05) is 19.9 Å². The largest absolute Gasteiger partial charge is 0.296 e. The lowest BCUT2D eigenvalue weighted by molar-refractivity contribution is -0.125. The summed E-state index contributed by atoms with van der Waals surface area (Å²) in [5, 5.41) is 17.9. The minimum Gasteiger partial charge on any atom is -0.296 e. The first kappa shape index (κ1) is 15.5. The van der Waals surface area contributed by atoms with Crippen LogP contribution in [0.1, 0.15) is 41.8 Å². The highest BCUT2D eigenvalue weighted by Gasteiger charge is 2.31. The van der Waals surface area contributed by atoms with Crippen LogP contribution in [0, 0.1) is 28.6 Å². The number of carbonyl (C=O) groups excluding carboxylic acids is 2. The molecule has 2 unspecified atom stereocenters. The van der Waals surface area contributed by atoms with Gasteiger partial charge in [-0.15, -0.1) is 0 Å². The highest BCUT2D eigenvalue weighted by Crippen LogP contribution is 2.19. The van der Waals surface area contributed by atoms with E-state index in [0.717, 1.165) is 0 Å². The van der Waals surface area contributed by atoms with E-state index < -0.39 is 23.7 Å². The molecule has 5 heteroatoms. The third kappa shape index (κ3) is 2.89. The van der Waals surface area contributed by atoms with E-state index in [1.165, 1.54) is 18.2 Å². The van der Waals surface area contributed by atoms with Gasteiger partial charge in [0.15, 0.2) is 5.78 Å². The summed E-state index contributed by atoms with van der Waals surface area (Å²) in [4.78, 5) is 23.7. The van der Waals surface area contributed by atoms with Gasteiger partial charge in [0.05, 0.1) is 11.1 Å². The van der Waals surface area contributed by atoms with E-state index in [0.29, 0.717) is 6.42 Å². The lowest BCUT2D eigenvalue weighted by atomic mass is 9.92. The molecule has 1 rings (SSSR count). The lowest BCUT2D eigenvalue weighted by Crippen LogP contribution is -2.30. The molecule has 0 fully saturated rings. The van der Waals surface area contributed by atoms with Gasteiger partial charge in [0.1, 0.15) is 12.1 Å². The van der Waals surface area contributed by atoms with Gasteiger partial charge in [0, 0.05) is 11.5 Å². The van der Waals surface area contributed by atoms with Crippen molar-refractivity contribution in [1.82, 2.24) is 0 Å². The summed E-state index contributed by atoms with van der Waals surface area (Å²) >= 11 is 0. The van der Waals surface area contributed by atoms with Crippen molar-refractivity contribution in [2.75, 3.05) is 0 Å². The third-order valence-electron chi connectivity index (χ3n) is 3.14. The maximum atomic E-state index is 14.0. The van der Waals surface area contributed by atoms with Crippen LogP contribution in [0.25, 0.3) is 0 Å². The third-order valence-corrected chi connectivity index (χ3v) is 3.14. The van der Waals surface area contributed by atoms with Crippen LogP contribution in [0.15, 0.2) is 18.2 Å². The Morgan fingerprint density at radius 2 is 1.95 bits per heavy atom. The molecule has 0 saturated heterocycles. The first-order valence-corrected chi connectivity index (χ1v) is 6.13. The summed E-state index contributed by atoms with van der Waals surface area (Å²) < 4.78 is 14.0. The van der Waals surface area contributed by atoms with Crippen LogP contribution in [0.5, 0.6) is 0 Å². The first-order valence-electron chi connectivity index (χ1n) is 6.13. The SMILES string of the molecule is CCC(C)C(=O)C(F)C(=O)c1cccc(C#N)c1C#N. The molecule has 102 valence electrons. The fourth-order valence-corrected chi connectivity index (χ4v) is 1.69. The van der Waals surface area contributed by atoms with Gasteiger partial charge < -0.3 is 0 Å². The van der Waals surface area contributed by atoms with E-state index >= 15 is 0 Å². The van der Waals surface area contributed by atoms with Crippen LogP contribution < -0.4 is 0 Å². The molecule has 0 aliphatic carbocycles. The van der Waals surface area contributed by atoms with Crippen LogP contribution in [-0.2, 0) is 4.79 Å². The normalized spacial score (nSPS) is 12.8. The van der Waals surface area contributed by atoms with Crippen LogP contribution in [0.3, 0.4) is 0 Å². The van der Waals surface area contributed by atoms with E-state index in [2.05, 4.69) is 0 Å². The number of Topliss-reactive ketones (excluding diaryl/α,β-unsaturated/α-hetero) is 2. The van der Waals surface area contributed by atoms with Crippen LogP contribution in [0.2, 0.25) is 0 Å². The summed E-state index contributed by atoms with van der Waals surface area (Å²) in [6.45, 7) is 3.26. The van der Waals surface area contributed by atoms with Crippen molar-refractivity contribution in [2.24, 2.45) is 5.92 Å². The first-order chi connectivity index (χ1) is 9.47. The Bertz CT molecular complexity index is 626. The van der Waals surface area contributed by atoms with Crippen molar-refractivity contribution >= 4 is 11.6 Å². The molecule has 0 spiro atoms. The van der Waals surface area contributed by atoms with Gasteiger partial charge >= 0.3 is 0 Å². The zero-order valence-electron chi connectivity index (χ0n) is 11.2. The Morgan fingerprint density at radius 3 is 2.45 bits per heavy atom. The summed E-state index contributed by atoms with van der Waals surface area (Å²) in [5.41, 5.74) is -0.433. The van der Waals surface area contributed by atoms with Crippen molar-refractivity contribution in [3.63, 3.8) is 0 Å². The van der Waals surface area contributed by atoms with Crippen LogP contribution in [-0.4, -0.2) is 17.7 Å². The van der Waals surface area contributed by atoms with Gasteiger partial charge in [-0.05, 0) is 18.6 Å². The zero-order chi connectivity index (χ0) is 15.3. The van der Waals surface area contributed by atoms with Gasteiger partial charge in [-0.2, -0.15) is 10.5 Å². The highest BCUT2D eigenvalue weighted by molar-refractivity contribution is 6.14. The maximum absolute atomic E-state index is 14.0. The number of benzene rings is 1. The molecular weight excluding hydrogens is 259 g/mol. The number of nitrogens with zero attached hydrogens (tertiary/aromatic N) is 2. The number of hydrogen-bond acceptors (Lipinski definition) is 4. The number of ketones is 2. The second kappa shape index (κ2) is 6.58. The zero-order valence-corrected chi connectivity index (χ0v) is 11.2. The number of hydrogen-bond donors (Lipinski definition) is 0. The van der Waals surface area contributed by atoms with Crippen LogP contribution >= 0.6 is 0 Å². The average molecular weight is 272 g/mol. The molecule has 20 heavy (non-hydrogen) atoms. The van der Waals surface area contributed by atoms with Crippen molar-refractivity contribution in [1.29, 1.82) is 10.5 Å². The van der Waals surface area contributed by atoms with Gasteiger partial charge in [0.25, 0.3) is 0 Å². The number of nitriles is 2. The monoisotopic (exact) mass is 272 g/mol.